The predicted molar refractivity (Wildman–Crippen MR) is 77.9 cm³/mol. The van der Waals surface area contributed by atoms with Crippen LogP contribution in [-0.2, 0) is 0 Å². The van der Waals surface area contributed by atoms with Gasteiger partial charge in [-0.2, -0.15) is 9.97 Å². The molecule has 1 heterocycles. The molecule has 0 spiro atoms. The van der Waals surface area contributed by atoms with Gasteiger partial charge < -0.3 is 10.5 Å². The number of ether oxygens (including phenoxy) is 1. The van der Waals surface area contributed by atoms with Gasteiger partial charge in [0.15, 0.2) is 5.82 Å². The highest BCUT2D eigenvalue weighted by Gasteiger charge is 2.15. The van der Waals surface area contributed by atoms with Crippen molar-refractivity contribution in [3.8, 4) is 6.01 Å². The number of rotatable bonds is 1. The average molecular weight is 285 g/mol. The maximum atomic E-state index is 13.6. The fraction of sp³-hybridized carbons (Fsp3) is 0.429. The van der Waals surface area contributed by atoms with Gasteiger partial charge in [0.25, 0.3) is 0 Å². The Bertz CT molecular complexity index is 574. The first-order valence-electron chi connectivity index (χ1n) is 6.50. The van der Waals surface area contributed by atoms with Crippen LogP contribution in [0.1, 0.15) is 33.4 Å². The lowest BCUT2D eigenvalue weighted by Crippen LogP contribution is -2.02. The molecule has 0 saturated carbocycles. The van der Waals surface area contributed by atoms with E-state index in [2.05, 4.69) is 9.97 Å². The summed E-state index contributed by atoms with van der Waals surface area (Å²) in [4.78, 5) is 7.73. The molecule has 0 saturated heterocycles. The molecule has 0 atom stereocenters. The summed E-state index contributed by atoms with van der Waals surface area (Å²) < 4.78 is 31.7. The van der Waals surface area contributed by atoms with E-state index in [0.29, 0.717) is 5.69 Å². The van der Waals surface area contributed by atoms with Crippen LogP contribution in [0.15, 0.2) is 6.07 Å². The van der Waals surface area contributed by atoms with Crippen molar-refractivity contribution in [1.82, 2.24) is 9.97 Å². The Labute approximate surface area is 118 Å². The van der Waals surface area contributed by atoms with E-state index in [1.54, 1.807) is 6.92 Å². The summed E-state index contributed by atoms with van der Waals surface area (Å²) in [5.74, 6) is -1.71. The second-order valence-electron chi connectivity index (χ2n) is 3.28. The van der Waals surface area contributed by atoms with Crippen molar-refractivity contribution in [2.45, 2.75) is 34.6 Å². The lowest BCUT2D eigenvalue weighted by Gasteiger charge is -2.07. The fourth-order valence-electron chi connectivity index (χ4n) is 1.42. The van der Waals surface area contributed by atoms with Crippen LogP contribution in [0, 0.1) is 18.6 Å². The van der Waals surface area contributed by atoms with Gasteiger partial charge in [0, 0.05) is 5.39 Å². The molecule has 0 amide bonds. The minimum atomic E-state index is -0.890. The molecule has 0 bridgehead atoms. The summed E-state index contributed by atoms with van der Waals surface area (Å²) in [5.41, 5.74) is 5.08. The highest BCUT2D eigenvalue weighted by atomic mass is 19.1. The number of nitrogen functional groups attached to an aromatic ring is 1. The van der Waals surface area contributed by atoms with E-state index in [-0.39, 0.29) is 16.9 Å². The average Bonchev–Trinajstić information content (AvgIpc) is 2.50. The smallest absolute Gasteiger partial charge is 0.316 e. The zero-order valence-electron chi connectivity index (χ0n) is 12.7. The molecular weight excluding hydrogens is 264 g/mol. The van der Waals surface area contributed by atoms with Crippen molar-refractivity contribution in [1.29, 1.82) is 0 Å². The number of hydrogen-bond acceptors (Lipinski definition) is 4. The molecule has 2 rings (SSSR count). The third kappa shape index (κ3) is 3.53. The van der Waals surface area contributed by atoms with E-state index in [0.717, 1.165) is 6.07 Å². The zero-order valence-corrected chi connectivity index (χ0v) is 12.7. The number of benzene rings is 1. The minimum Gasteiger partial charge on any atom is -0.467 e. The van der Waals surface area contributed by atoms with Crippen LogP contribution < -0.4 is 10.5 Å². The maximum absolute atomic E-state index is 13.6. The second kappa shape index (κ2) is 8.24. The van der Waals surface area contributed by atoms with Crippen molar-refractivity contribution >= 4 is 16.6 Å². The van der Waals surface area contributed by atoms with Gasteiger partial charge >= 0.3 is 6.01 Å². The number of aromatic nitrogens is 2. The molecule has 0 aliphatic heterocycles. The lowest BCUT2D eigenvalue weighted by molar-refractivity contribution is 0.380. The molecule has 2 aromatic rings. The molecule has 0 radical (unpaired) electrons. The fourth-order valence-corrected chi connectivity index (χ4v) is 1.42. The zero-order chi connectivity index (χ0) is 15.9. The van der Waals surface area contributed by atoms with Gasteiger partial charge in [-0.05, 0) is 13.0 Å². The van der Waals surface area contributed by atoms with Crippen molar-refractivity contribution in [2.24, 2.45) is 0 Å². The van der Waals surface area contributed by atoms with Gasteiger partial charge in [0.05, 0.1) is 12.8 Å². The van der Waals surface area contributed by atoms with E-state index < -0.39 is 17.3 Å². The van der Waals surface area contributed by atoms with Crippen LogP contribution in [0.4, 0.5) is 14.5 Å². The maximum Gasteiger partial charge on any atom is 0.316 e. The molecule has 1 aromatic heterocycles. The van der Waals surface area contributed by atoms with Crippen LogP contribution in [-0.4, -0.2) is 17.1 Å². The van der Waals surface area contributed by atoms with Gasteiger partial charge in [-0.25, -0.2) is 8.78 Å². The van der Waals surface area contributed by atoms with E-state index >= 15 is 0 Å². The number of nitrogens with two attached hydrogens (primary N) is 1. The quantitative estimate of drug-likeness (QED) is 0.808. The van der Waals surface area contributed by atoms with Crippen molar-refractivity contribution in [3.05, 3.63) is 23.4 Å². The Kier molecular flexibility index (Phi) is 7.43. The molecule has 0 aliphatic rings. The van der Waals surface area contributed by atoms with Gasteiger partial charge in [-0.1, -0.05) is 27.7 Å². The van der Waals surface area contributed by atoms with Crippen LogP contribution in [0.25, 0.3) is 10.9 Å². The molecule has 20 heavy (non-hydrogen) atoms. The first-order valence-corrected chi connectivity index (χ1v) is 6.50. The monoisotopic (exact) mass is 285 g/mol. The van der Waals surface area contributed by atoms with Gasteiger partial charge in [0.2, 0.25) is 0 Å². The number of halogens is 2. The largest absolute Gasteiger partial charge is 0.467 e. The number of hydrogen-bond donors (Lipinski definition) is 1. The number of aryl methyl sites for hydroxylation is 1. The molecular formula is C14H21F2N3O. The van der Waals surface area contributed by atoms with Crippen LogP contribution in [0.2, 0.25) is 0 Å². The molecule has 6 heteroatoms. The van der Waals surface area contributed by atoms with E-state index in [1.807, 2.05) is 27.7 Å². The van der Waals surface area contributed by atoms with Gasteiger partial charge in [-0.3, -0.25) is 0 Å². The van der Waals surface area contributed by atoms with Crippen LogP contribution in [0.5, 0.6) is 6.01 Å². The number of fused-ring (bicyclic) bond motifs is 1. The van der Waals surface area contributed by atoms with Gasteiger partial charge in [0.1, 0.15) is 17.0 Å². The van der Waals surface area contributed by atoms with Crippen LogP contribution in [0.3, 0.4) is 0 Å². The molecule has 4 nitrogen and oxygen atoms in total. The number of methoxy groups -OCH3 is 1. The Morgan fingerprint density at radius 3 is 2.15 bits per heavy atom. The highest BCUT2D eigenvalue weighted by molar-refractivity contribution is 5.85. The summed E-state index contributed by atoms with van der Waals surface area (Å²) in [5, 5.41) is 0.282. The predicted octanol–water partition coefficient (Wildman–Crippen LogP) is 3.86. The Hall–Kier alpha value is -1.98. The molecule has 0 fully saturated rings. The van der Waals surface area contributed by atoms with Crippen molar-refractivity contribution in [3.63, 3.8) is 0 Å². The third-order valence-corrected chi connectivity index (χ3v) is 2.27. The molecule has 0 aliphatic carbocycles. The summed E-state index contributed by atoms with van der Waals surface area (Å²) in [6, 6.07) is 1.14. The molecule has 1 aromatic carbocycles. The Morgan fingerprint density at radius 2 is 1.65 bits per heavy atom. The Morgan fingerprint density at radius 1 is 1.10 bits per heavy atom. The van der Waals surface area contributed by atoms with E-state index in [1.165, 1.54) is 7.11 Å². The standard InChI is InChI=1S/C10H9F2N3O.2C2H6/c1-4-5-3-6(11)8(13)7(12)9(5)15-10(14-4)16-2;2*1-2/h3H,13H2,1-2H3;2*1-2H3. The van der Waals surface area contributed by atoms with Gasteiger partial charge in [-0.15, -0.1) is 0 Å². The first-order chi connectivity index (χ1) is 9.54. The van der Waals surface area contributed by atoms with E-state index in [4.69, 9.17) is 10.5 Å². The van der Waals surface area contributed by atoms with Crippen LogP contribution >= 0.6 is 0 Å². The second-order valence-corrected chi connectivity index (χ2v) is 3.28. The number of nitrogens with zero attached hydrogens (tertiary/aromatic N) is 2. The number of anilines is 1. The molecule has 0 unspecified atom stereocenters. The first kappa shape index (κ1) is 18.0. The van der Waals surface area contributed by atoms with E-state index in [9.17, 15) is 8.78 Å². The van der Waals surface area contributed by atoms with Crippen molar-refractivity contribution < 1.29 is 13.5 Å². The highest BCUT2D eigenvalue weighted by Crippen LogP contribution is 2.27. The summed E-state index contributed by atoms with van der Waals surface area (Å²) in [7, 11) is 1.37. The Balaban J connectivity index is 0.000000829. The normalized spacial score (nSPS) is 9.20. The molecule has 2 N–H and O–H groups in total. The SMILES string of the molecule is CC.CC.COc1nc(C)c2cc(F)c(N)c(F)c2n1. The summed E-state index contributed by atoms with van der Waals surface area (Å²) >= 11 is 0. The summed E-state index contributed by atoms with van der Waals surface area (Å²) in [6.07, 6.45) is 0. The lowest BCUT2D eigenvalue weighted by atomic mass is 10.1. The molecule has 112 valence electrons. The third-order valence-electron chi connectivity index (χ3n) is 2.27. The summed E-state index contributed by atoms with van der Waals surface area (Å²) in [6.45, 7) is 9.61. The minimum absolute atomic E-state index is 0.0231. The van der Waals surface area contributed by atoms with Crippen molar-refractivity contribution in [2.75, 3.05) is 12.8 Å². The topological polar surface area (TPSA) is 61.0 Å².